The number of hydrogen-bond donors (Lipinski definition) is 2. The summed E-state index contributed by atoms with van der Waals surface area (Å²) >= 11 is 10.3. The molecule has 2 heterocycles. The minimum atomic E-state index is 0. The van der Waals surface area contributed by atoms with Crippen LogP contribution in [0.4, 0.5) is 0 Å². The van der Waals surface area contributed by atoms with Crippen molar-refractivity contribution in [1.82, 2.24) is 15.8 Å². The van der Waals surface area contributed by atoms with Crippen LogP contribution in [0.3, 0.4) is 0 Å². The van der Waals surface area contributed by atoms with Crippen molar-refractivity contribution in [3.8, 4) is 0 Å². The molecule has 2 N–H and O–H groups in total. The molecule has 0 saturated carbocycles. The van der Waals surface area contributed by atoms with E-state index in [2.05, 4.69) is 35.9 Å². The molecule has 0 aliphatic carbocycles. The molecule has 1 fully saturated rings. The number of ether oxygens (including phenoxy) is 1. The van der Waals surface area contributed by atoms with E-state index in [1.54, 1.807) is 0 Å². The van der Waals surface area contributed by atoms with E-state index < -0.39 is 0 Å². The van der Waals surface area contributed by atoms with Gasteiger partial charge in [0.25, 0.3) is 0 Å². The van der Waals surface area contributed by atoms with Crippen LogP contribution in [0.5, 0.6) is 0 Å². The largest absolute Gasteiger partial charge is 2.00 e. The van der Waals surface area contributed by atoms with Crippen LogP contribution < -0.4 is 10.9 Å². The second-order valence-corrected chi connectivity index (χ2v) is 7.54. The van der Waals surface area contributed by atoms with E-state index in [0.717, 1.165) is 51.4 Å². The third kappa shape index (κ3) is 10.4. The Morgan fingerprint density at radius 3 is 2.28 bits per heavy atom. The Bertz CT molecular complexity index is 806. The number of nitrogens with zero attached hydrogens (tertiary/aromatic N) is 5. The van der Waals surface area contributed by atoms with Gasteiger partial charge in [-0.05, 0) is 56.2 Å². The molecule has 1 aromatic heterocycles. The molecule has 2 rings (SSSR count). The fourth-order valence-corrected chi connectivity index (χ4v) is 3.25. The summed E-state index contributed by atoms with van der Waals surface area (Å²) in [5.74, 6) is 1.49. The van der Waals surface area contributed by atoms with Gasteiger partial charge in [-0.3, -0.25) is 25.7 Å². The molecule has 1 radical (unpaired) electrons. The van der Waals surface area contributed by atoms with Crippen molar-refractivity contribution in [3.05, 3.63) is 23.7 Å². The van der Waals surface area contributed by atoms with E-state index in [1.165, 1.54) is 0 Å². The molecule has 0 atom stereocenters. The zero-order valence-electron chi connectivity index (χ0n) is 18.7. The quantitative estimate of drug-likeness (QED) is 0.157. The molecule has 0 unspecified atom stereocenters. The predicted molar refractivity (Wildman–Crippen MR) is 131 cm³/mol. The molecule has 1 aliphatic heterocycles. The molecular weight excluding hydrogens is 498 g/mol. The van der Waals surface area contributed by atoms with E-state index >= 15 is 0 Å². The number of nitrogens with one attached hydrogen (secondary N) is 2. The molecule has 1 aromatic rings. The summed E-state index contributed by atoms with van der Waals surface area (Å²) in [5.41, 5.74) is 6.63. The average Bonchev–Trinajstić information content (AvgIpc) is 3.22. The van der Waals surface area contributed by atoms with Crippen LogP contribution in [0.15, 0.2) is 36.7 Å². The van der Waals surface area contributed by atoms with Gasteiger partial charge in [-0.25, -0.2) is 0 Å². The molecule has 0 spiro atoms. The van der Waals surface area contributed by atoms with Crippen LogP contribution in [0.1, 0.15) is 38.7 Å². The summed E-state index contributed by atoms with van der Waals surface area (Å²) in [6.07, 6.45) is 1.86. The molecule has 1 saturated heterocycles. The number of hydrazone groups is 2. The first-order valence-corrected chi connectivity index (χ1v) is 11.3. The summed E-state index contributed by atoms with van der Waals surface area (Å²) in [6.45, 7) is 11.4. The maximum absolute atomic E-state index is 6.05. The summed E-state index contributed by atoms with van der Waals surface area (Å²) in [7, 11) is 0. The molecule has 181 valence electrons. The van der Waals surface area contributed by atoms with Gasteiger partial charge < -0.3 is 34.4 Å². The SMILES string of the molecule is CCN=C([S-])N/N=C(/C(C)=N/NC([S-])=NCC)c1ccc(CCCN2CCOCC2)o1.[Cu+2]. The average molecular weight is 529 g/mol. The van der Waals surface area contributed by atoms with Crippen molar-refractivity contribution < 1.29 is 26.2 Å². The Hall–Kier alpha value is -1.56. The Labute approximate surface area is 211 Å². The zero-order chi connectivity index (χ0) is 22.5. The van der Waals surface area contributed by atoms with Crippen molar-refractivity contribution in [2.45, 2.75) is 33.6 Å². The normalized spacial score (nSPS) is 16.6. The van der Waals surface area contributed by atoms with Gasteiger partial charge >= 0.3 is 17.1 Å². The Kier molecular flexibility index (Phi) is 14.3. The van der Waals surface area contributed by atoms with Crippen LogP contribution in [-0.2, 0) is 53.5 Å². The van der Waals surface area contributed by atoms with Crippen LogP contribution in [-0.4, -0.2) is 72.6 Å². The maximum atomic E-state index is 6.05. The van der Waals surface area contributed by atoms with E-state index in [-0.39, 0.29) is 17.1 Å². The molecule has 32 heavy (non-hydrogen) atoms. The topological polar surface area (TPSA) is 99.1 Å². The minimum absolute atomic E-state index is 0. The van der Waals surface area contributed by atoms with Gasteiger partial charge in [0.15, 0.2) is 5.76 Å². The maximum Gasteiger partial charge on any atom is 2.00 e. The van der Waals surface area contributed by atoms with Gasteiger partial charge in [0.1, 0.15) is 11.5 Å². The van der Waals surface area contributed by atoms with E-state index in [0.29, 0.717) is 40.6 Å². The number of amidine groups is 2. The summed E-state index contributed by atoms with van der Waals surface area (Å²) in [6, 6.07) is 3.86. The number of aryl methyl sites for hydroxylation is 1. The summed E-state index contributed by atoms with van der Waals surface area (Å²) < 4.78 is 11.4. The zero-order valence-corrected chi connectivity index (χ0v) is 21.3. The summed E-state index contributed by atoms with van der Waals surface area (Å²) in [5, 5.41) is 9.27. The van der Waals surface area contributed by atoms with Gasteiger partial charge in [-0.2, -0.15) is 10.2 Å². The van der Waals surface area contributed by atoms with Crippen LogP contribution in [0, 0.1) is 0 Å². The van der Waals surface area contributed by atoms with E-state index in [9.17, 15) is 0 Å². The molecule has 0 aromatic carbocycles. The molecular formula is C20H31CuN7O2S2. The third-order valence-electron chi connectivity index (χ3n) is 4.43. The van der Waals surface area contributed by atoms with Crippen molar-refractivity contribution >= 4 is 47.0 Å². The Morgan fingerprint density at radius 2 is 1.66 bits per heavy atom. The van der Waals surface area contributed by atoms with E-state index in [1.807, 2.05) is 32.9 Å². The van der Waals surface area contributed by atoms with Gasteiger partial charge in [0.2, 0.25) is 0 Å². The van der Waals surface area contributed by atoms with Crippen LogP contribution >= 0.6 is 0 Å². The molecule has 0 amide bonds. The molecule has 9 nitrogen and oxygen atoms in total. The van der Waals surface area contributed by atoms with Gasteiger partial charge in [0.05, 0.1) is 18.9 Å². The monoisotopic (exact) mass is 528 g/mol. The molecule has 1 aliphatic rings. The van der Waals surface area contributed by atoms with Crippen LogP contribution in [0.25, 0.3) is 0 Å². The van der Waals surface area contributed by atoms with Crippen LogP contribution in [0.2, 0.25) is 0 Å². The fourth-order valence-electron chi connectivity index (χ4n) is 2.90. The van der Waals surface area contributed by atoms with Crippen molar-refractivity contribution in [2.75, 3.05) is 45.9 Å². The second-order valence-electron chi connectivity index (χ2n) is 6.76. The fraction of sp³-hybridized carbons (Fsp3) is 0.600. The first-order chi connectivity index (χ1) is 15.0. The number of hydrogen-bond acceptors (Lipinski definition) is 9. The van der Waals surface area contributed by atoms with Crippen molar-refractivity contribution in [3.63, 3.8) is 0 Å². The van der Waals surface area contributed by atoms with E-state index in [4.69, 9.17) is 34.4 Å². The first-order valence-electron chi connectivity index (χ1n) is 10.5. The first kappa shape index (κ1) is 28.5. The standard InChI is InChI=1S/C20H33N7O2S2.Cu/c1-4-21-19(30)25-23-15(3)18(24-26-20(31)22-5-2)17-9-8-16(29-17)7-6-10-27-11-13-28-14-12-27;/h8-9H,4-7,10-14H2,1-3H3,(H2,21,25,30)(H2,22,26,31);/q;+2/p-2/b23-15+,24-18-;. The van der Waals surface area contributed by atoms with Gasteiger partial charge in [-0.1, -0.05) is 0 Å². The minimum Gasteiger partial charge on any atom is -0.741 e. The predicted octanol–water partition coefficient (Wildman–Crippen LogP) is 1.65. The number of morpholine rings is 1. The Balaban J connectivity index is 0.00000512. The number of rotatable bonds is 10. The Morgan fingerprint density at radius 1 is 1.03 bits per heavy atom. The second kappa shape index (κ2) is 16.1. The molecule has 12 heteroatoms. The molecule has 0 bridgehead atoms. The third-order valence-corrected chi connectivity index (χ3v) is 4.87. The van der Waals surface area contributed by atoms with Crippen molar-refractivity contribution in [2.24, 2.45) is 20.2 Å². The number of aliphatic imine (C=N–C) groups is 2. The summed E-state index contributed by atoms with van der Waals surface area (Å²) in [4.78, 5) is 10.6. The van der Waals surface area contributed by atoms with Gasteiger partial charge in [-0.15, -0.1) is 0 Å². The van der Waals surface area contributed by atoms with Crippen molar-refractivity contribution in [1.29, 1.82) is 0 Å². The van der Waals surface area contributed by atoms with Gasteiger partial charge in [0, 0.05) is 32.6 Å². The number of furan rings is 1. The smallest absolute Gasteiger partial charge is 0.741 e.